The molecule has 0 spiro atoms. The van der Waals surface area contributed by atoms with Crippen LogP contribution in [0.3, 0.4) is 0 Å². The fourth-order valence-corrected chi connectivity index (χ4v) is 25.1. The first kappa shape index (κ1) is 69.4. The summed E-state index contributed by atoms with van der Waals surface area (Å²) < 4.78 is 15.9. The molecule has 1 heterocycles. The topological polar surface area (TPSA) is 137 Å². The second-order valence-electron chi connectivity index (χ2n) is 37.8. The standard InChI is InChI=1S/C81H130N2O8/c1-55-54-82(48-24-20-16-18-22-26-50-90-67(87)80-44-40-70(2,3)52-58(80)56-28-30-62-74(10)36-34-64(84)72(6,7)60(74)32-38-78(62,14)76(56,12)42-46-80)69(89)83(66(55)86)49-25-21-17-19-23-27-51-91-68(88)81-45-41-71(4,5)53-59(81)57-29-31-63-75(11)37-35-65(85)73(8,9)61(75)33-39-79(63,15)77(57,13)43-47-81/h28-29,54,58-65,84-85H,16-27,30-53H2,1-15H3/t58-,59-,60-,61-,62+,63+,64-,65-,74-,75-,76+,77+,78+,79+,80-,81-/m1/s1. The largest absolute Gasteiger partial charge is 0.465 e. The molecule has 0 aliphatic heterocycles. The number of aryl methyl sites for hydroxylation is 2. The molecule has 2 N–H and O–H groups in total. The number of aliphatic hydroxyl groups excluding tert-OH is 2. The predicted octanol–water partition coefficient (Wildman–Crippen LogP) is 18.4. The Morgan fingerprint density at radius 3 is 1.29 bits per heavy atom. The highest BCUT2D eigenvalue weighted by atomic mass is 16.5. The monoisotopic (exact) mass is 1260 g/mol. The van der Waals surface area contributed by atoms with Crippen LogP contribution >= 0.6 is 0 Å². The van der Waals surface area contributed by atoms with Gasteiger partial charge in [0.15, 0.2) is 0 Å². The Morgan fingerprint density at radius 1 is 0.473 bits per heavy atom. The Hall–Kier alpha value is -2.98. The van der Waals surface area contributed by atoms with Crippen molar-refractivity contribution in [1.82, 2.24) is 9.13 Å². The van der Waals surface area contributed by atoms with Gasteiger partial charge < -0.3 is 24.3 Å². The molecule has 10 aliphatic carbocycles. The van der Waals surface area contributed by atoms with E-state index in [-0.39, 0.29) is 101 Å². The van der Waals surface area contributed by atoms with Gasteiger partial charge in [-0.2, -0.15) is 0 Å². The highest BCUT2D eigenvalue weighted by Gasteiger charge is 2.72. The zero-order chi connectivity index (χ0) is 65.8. The SMILES string of the molecule is Cc1cn(CCCCCCCCOC(=O)[C@@]23CCC(C)(C)C[C@@H]2C2=CC[C@H]4[C@]5(C)CC[C@@H](O)C(C)(C)[C@H]5CC[C@]4(C)[C@@]2(C)CC3)c(=O)n(CCCCCCCCOC(=O)[C@@]23CCC(C)(C)C[C@@H]2C2=CC[C@H]4[C@]5(C)CC[C@@H](O)C(C)(C)[C@H]5CC[C@]4(C)[C@@]2(C)CC3)c1=O. The highest BCUT2D eigenvalue weighted by Crippen LogP contribution is 2.78. The number of rotatable bonds is 20. The highest BCUT2D eigenvalue weighted by molar-refractivity contribution is 5.79. The van der Waals surface area contributed by atoms with Crippen molar-refractivity contribution in [2.75, 3.05) is 13.2 Å². The van der Waals surface area contributed by atoms with Gasteiger partial charge in [-0.1, -0.05) is 172 Å². The normalized spacial score (nSPS) is 41.4. The quantitative estimate of drug-likeness (QED) is 0.0748. The summed E-state index contributed by atoms with van der Waals surface area (Å²) in [5.74, 6) is 2.76. The van der Waals surface area contributed by atoms with Gasteiger partial charge in [-0.3, -0.25) is 19.0 Å². The molecule has 11 rings (SSSR count). The molecule has 8 saturated carbocycles. The van der Waals surface area contributed by atoms with E-state index >= 15 is 0 Å². The Balaban J connectivity index is 0.595. The van der Waals surface area contributed by atoms with Gasteiger partial charge >= 0.3 is 17.6 Å². The summed E-state index contributed by atoms with van der Waals surface area (Å²) in [5, 5.41) is 22.4. The summed E-state index contributed by atoms with van der Waals surface area (Å²) in [7, 11) is 0. The number of hydrogen-bond acceptors (Lipinski definition) is 8. The van der Waals surface area contributed by atoms with Gasteiger partial charge in [-0.15, -0.1) is 0 Å². The van der Waals surface area contributed by atoms with Crippen molar-refractivity contribution in [3.8, 4) is 0 Å². The van der Waals surface area contributed by atoms with Gasteiger partial charge in [0.25, 0.3) is 5.56 Å². The minimum absolute atomic E-state index is 0.0500. The van der Waals surface area contributed by atoms with E-state index in [4.69, 9.17) is 9.47 Å². The molecular weight excluding hydrogens is 1130 g/mol. The smallest absolute Gasteiger partial charge is 0.330 e. The number of aromatic nitrogens is 2. The van der Waals surface area contributed by atoms with Crippen LogP contribution in [-0.4, -0.2) is 56.7 Å². The Labute approximate surface area is 551 Å². The van der Waals surface area contributed by atoms with Gasteiger partial charge in [0.2, 0.25) is 0 Å². The lowest BCUT2D eigenvalue weighted by Crippen LogP contribution is -2.65. The lowest BCUT2D eigenvalue weighted by Gasteiger charge is -2.71. The number of unbranched alkanes of at least 4 members (excludes halogenated alkanes) is 10. The van der Waals surface area contributed by atoms with Crippen LogP contribution in [0, 0.1) is 107 Å². The molecule has 0 saturated heterocycles. The zero-order valence-electron chi connectivity index (χ0n) is 60.5. The van der Waals surface area contributed by atoms with E-state index in [1.165, 1.54) is 30.3 Å². The molecule has 0 aromatic carbocycles. The van der Waals surface area contributed by atoms with Crippen LogP contribution < -0.4 is 11.2 Å². The van der Waals surface area contributed by atoms with Crippen LogP contribution in [0.4, 0.5) is 0 Å². The average Bonchev–Trinajstić information content (AvgIpc) is 0.685. The molecule has 10 aliphatic rings. The van der Waals surface area contributed by atoms with Crippen LogP contribution in [0.2, 0.25) is 0 Å². The van der Waals surface area contributed by atoms with Crippen LogP contribution in [-0.2, 0) is 32.2 Å². The van der Waals surface area contributed by atoms with Crippen LogP contribution in [0.25, 0.3) is 0 Å². The third-order valence-corrected chi connectivity index (χ3v) is 31.5. The van der Waals surface area contributed by atoms with Crippen molar-refractivity contribution in [3.63, 3.8) is 0 Å². The first-order chi connectivity index (χ1) is 42.6. The van der Waals surface area contributed by atoms with E-state index in [0.717, 1.165) is 180 Å². The molecule has 0 bridgehead atoms. The van der Waals surface area contributed by atoms with Crippen molar-refractivity contribution in [2.24, 2.45) is 100 Å². The third kappa shape index (κ3) is 11.4. The van der Waals surface area contributed by atoms with Crippen LogP contribution in [0.1, 0.15) is 308 Å². The van der Waals surface area contributed by atoms with Crippen molar-refractivity contribution in [1.29, 1.82) is 0 Å². The molecule has 0 radical (unpaired) electrons. The second kappa shape index (κ2) is 24.8. The molecule has 10 nitrogen and oxygen atoms in total. The number of carbonyl (C=O) groups is 2. The van der Waals surface area contributed by atoms with E-state index in [0.29, 0.717) is 55.5 Å². The number of ether oxygens (including phenoxy) is 2. The van der Waals surface area contributed by atoms with Gasteiger partial charge in [0.05, 0.1) is 36.3 Å². The summed E-state index contributed by atoms with van der Waals surface area (Å²) in [4.78, 5) is 56.3. The number of esters is 2. The molecule has 10 heteroatoms. The van der Waals surface area contributed by atoms with Crippen LogP contribution in [0.15, 0.2) is 39.1 Å². The van der Waals surface area contributed by atoms with E-state index in [9.17, 15) is 29.4 Å². The molecule has 91 heavy (non-hydrogen) atoms. The molecular formula is C81H130N2O8. The van der Waals surface area contributed by atoms with E-state index in [2.05, 4.69) is 109 Å². The summed E-state index contributed by atoms with van der Waals surface area (Å²) in [6.07, 6.45) is 39.0. The van der Waals surface area contributed by atoms with Gasteiger partial charge in [-0.05, 0) is 251 Å². The van der Waals surface area contributed by atoms with Crippen molar-refractivity contribution >= 4 is 11.9 Å². The fourth-order valence-electron chi connectivity index (χ4n) is 25.1. The second-order valence-corrected chi connectivity index (χ2v) is 37.8. The maximum absolute atomic E-state index is 14.6. The Bertz CT molecular complexity index is 3050. The van der Waals surface area contributed by atoms with Crippen molar-refractivity contribution in [3.05, 3.63) is 55.9 Å². The molecule has 0 amide bonds. The maximum atomic E-state index is 14.6. The summed E-state index contributed by atoms with van der Waals surface area (Å²) in [6, 6.07) is 0. The molecule has 0 unspecified atom stereocenters. The molecule has 512 valence electrons. The van der Waals surface area contributed by atoms with Crippen molar-refractivity contribution in [2.45, 2.75) is 335 Å². The van der Waals surface area contributed by atoms with E-state index in [1.54, 1.807) is 21.9 Å². The molecule has 1 aromatic heterocycles. The van der Waals surface area contributed by atoms with Crippen molar-refractivity contribution < 1.29 is 29.3 Å². The Kier molecular flexibility index (Phi) is 18.9. The summed E-state index contributed by atoms with van der Waals surface area (Å²) in [5.41, 5.74) is 3.57. The minimum Gasteiger partial charge on any atom is -0.465 e. The summed E-state index contributed by atoms with van der Waals surface area (Å²) >= 11 is 0. The van der Waals surface area contributed by atoms with Gasteiger partial charge in [0.1, 0.15) is 0 Å². The zero-order valence-corrected chi connectivity index (χ0v) is 60.5. The average molecular weight is 1260 g/mol. The molecule has 16 atom stereocenters. The lowest BCUT2D eigenvalue weighted by atomic mass is 9.33. The number of fused-ring (bicyclic) bond motifs is 14. The first-order valence-corrected chi connectivity index (χ1v) is 38.1. The third-order valence-electron chi connectivity index (χ3n) is 31.5. The number of hydrogen-bond donors (Lipinski definition) is 2. The first-order valence-electron chi connectivity index (χ1n) is 38.1. The minimum atomic E-state index is -0.441. The fraction of sp³-hybridized carbons (Fsp3) is 0.877. The molecule has 1 aromatic rings. The van der Waals surface area contributed by atoms with Crippen LogP contribution in [0.5, 0.6) is 0 Å². The van der Waals surface area contributed by atoms with Gasteiger partial charge in [0, 0.05) is 24.8 Å². The predicted molar refractivity (Wildman–Crippen MR) is 367 cm³/mol. The summed E-state index contributed by atoms with van der Waals surface area (Å²) in [6.45, 7) is 38.4. The Morgan fingerprint density at radius 2 is 0.857 bits per heavy atom. The number of carbonyl (C=O) groups excluding carboxylic acids is 2. The number of aliphatic hydroxyl groups is 2. The number of allylic oxidation sites excluding steroid dienone is 4. The maximum Gasteiger partial charge on any atom is 0.330 e. The lowest BCUT2D eigenvalue weighted by molar-refractivity contribution is -0.206. The number of nitrogens with zero attached hydrogens (tertiary/aromatic N) is 2. The van der Waals surface area contributed by atoms with E-state index < -0.39 is 10.8 Å². The van der Waals surface area contributed by atoms with E-state index in [1.807, 2.05) is 6.92 Å². The van der Waals surface area contributed by atoms with Gasteiger partial charge in [-0.25, -0.2) is 4.79 Å². The molecule has 8 fully saturated rings.